The first-order valence-electron chi connectivity index (χ1n) is 6.27. The summed E-state index contributed by atoms with van der Waals surface area (Å²) in [7, 11) is 0. The summed E-state index contributed by atoms with van der Waals surface area (Å²) < 4.78 is 0. The van der Waals surface area contributed by atoms with Gasteiger partial charge >= 0.3 is 0 Å². The zero-order valence-electron chi connectivity index (χ0n) is 9.97. The summed E-state index contributed by atoms with van der Waals surface area (Å²) in [6, 6.07) is 10.9. The Kier molecular flexibility index (Phi) is 3.97. The van der Waals surface area contributed by atoms with E-state index in [9.17, 15) is 5.11 Å². The van der Waals surface area contributed by atoms with Crippen molar-refractivity contribution in [2.24, 2.45) is 0 Å². The molecule has 1 fully saturated rings. The van der Waals surface area contributed by atoms with Gasteiger partial charge in [-0.05, 0) is 31.4 Å². The Balaban J connectivity index is 2.00. The summed E-state index contributed by atoms with van der Waals surface area (Å²) >= 11 is 0. The van der Waals surface area contributed by atoms with E-state index >= 15 is 0 Å². The van der Waals surface area contributed by atoms with Crippen molar-refractivity contribution in [1.29, 1.82) is 0 Å². The second-order valence-electron chi connectivity index (χ2n) is 4.61. The average molecular weight is 219 g/mol. The summed E-state index contributed by atoms with van der Waals surface area (Å²) in [5.41, 5.74) is 1.34. The van der Waals surface area contributed by atoms with Gasteiger partial charge in [-0.25, -0.2) is 0 Å². The molecule has 0 radical (unpaired) electrons. The monoisotopic (exact) mass is 219 g/mol. The molecule has 1 aromatic carbocycles. The largest absolute Gasteiger partial charge is 0.391 e. The van der Waals surface area contributed by atoms with Crippen molar-refractivity contribution >= 4 is 0 Å². The number of nitrogens with zero attached hydrogens (tertiary/aromatic N) is 1. The SMILES string of the molecule is CCN(Cc1ccccc1)C1CCCC1O. The fourth-order valence-corrected chi connectivity index (χ4v) is 2.63. The minimum atomic E-state index is -0.122. The molecule has 0 bridgehead atoms. The molecule has 2 heteroatoms. The van der Waals surface area contributed by atoms with Gasteiger partial charge in [-0.1, -0.05) is 37.3 Å². The second-order valence-corrected chi connectivity index (χ2v) is 4.61. The summed E-state index contributed by atoms with van der Waals surface area (Å²) in [5, 5.41) is 9.93. The Morgan fingerprint density at radius 3 is 2.56 bits per heavy atom. The molecule has 0 saturated heterocycles. The van der Waals surface area contributed by atoms with E-state index < -0.39 is 0 Å². The van der Waals surface area contributed by atoms with Crippen LogP contribution in [-0.4, -0.2) is 28.7 Å². The normalized spacial score (nSPS) is 25.2. The van der Waals surface area contributed by atoms with Crippen LogP contribution in [0.25, 0.3) is 0 Å². The molecule has 0 aromatic heterocycles. The minimum absolute atomic E-state index is 0.122. The van der Waals surface area contributed by atoms with Crippen LogP contribution in [0.15, 0.2) is 30.3 Å². The Morgan fingerprint density at radius 2 is 2.00 bits per heavy atom. The molecular formula is C14H21NO. The highest BCUT2D eigenvalue weighted by molar-refractivity contribution is 5.14. The predicted molar refractivity (Wildman–Crippen MR) is 66.2 cm³/mol. The van der Waals surface area contributed by atoms with Crippen LogP contribution in [0.4, 0.5) is 0 Å². The molecule has 16 heavy (non-hydrogen) atoms. The number of hydrogen-bond donors (Lipinski definition) is 1. The van der Waals surface area contributed by atoms with E-state index in [1.165, 1.54) is 5.56 Å². The van der Waals surface area contributed by atoms with Gasteiger partial charge in [-0.3, -0.25) is 4.90 Å². The lowest BCUT2D eigenvalue weighted by molar-refractivity contribution is 0.0693. The summed E-state index contributed by atoms with van der Waals surface area (Å²) in [6.07, 6.45) is 3.15. The molecule has 1 N–H and O–H groups in total. The fraction of sp³-hybridized carbons (Fsp3) is 0.571. The van der Waals surface area contributed by atoms with Crippen LogP contribution >= 0.6 is 0 Å². The molecule has 1 aliphatic rings. The molecule has 2 nitrogen and oxygen atoms in total. The summed E-state index contributed by atoms with van der Waals surface area (Å²) in [5.74, 6) is 0. The van der Waals surface area contributed by atoms with Crippen LogP contribution < -0.4 is 0 Å². The van der Waals surface area contributed by atoms with Crippen LogP contribution in [0.5, 0.6) is 0 Å². The van der Waals surface area contributed by atoms with Gasteiger partial charge in [0.25, 0.3) is 0 Å². The lowest BCUT2D eigenvalue weighted by Crippen LogP contribution is -2.39. The van der Waals surface area contributed by atoms with Crippen molar-refractivity contribution in [2.45, 2.75) is 44.9 Å². The average Bonchev–Trinajstić information content (AvgIpc) is 2.74. The van der Waals surface area contributed by atoms with Crippen LogP contribution in [0, 0.1) is 0 Å². The summed E-state index contributed by atoms with van der Waals surface area (Å²) in [6.45, 7) is 4.14. The van der Waals surface area contributed by atoms with Crippen LogP contribution in [0.1, 0.15) is 31.7 Å². The smallest absolute Gasteiger partial charge is 0.0695 e. The van der Waals surface area contributed by atoms with E-state index in [1.54, 1.807) is 0 Å². The van der Waals surface area contributed by atoms with E-state index in [-0.39, 0.29) is 6.10 Å². The third kappa shape index (κ3) is 2.63. The molecule has 2 atom stereocenters. The van der Waals surface area contributed by atoms with E-state index in [2.05, 4.69) is 36.1 Å². The standard InChI is InChI=1S/C14H21NO/c1-2-15(13-9-6-10-14(13)16)11-12-7-4-3-5-8-12/h3-5,7-8,13-14,16H,2,6,9-11H2,1H3. The van der Waals surface area contributed by atoms with Gasteiger partial charge in [0.2, 0.25) is 0 Å². The van der Waals surface area contributed by atoms with Gasteiger partial charge < -0.3 is 5.11 Å². The second kappa shape index (κ2) is 5.46. The molecule has 0 aliphatic heterocycles. The van der Waals surface area contributed by atoms with Gasteiger partial charge in [0.1, 0.15) is 0 Å². The van der Waals surface area contributed by atoms with E-state index in [0.29, 0.717) is 6.04 Å². The third-order valence-electron chi connectivity index (χ3n) is 3.55. The lowest BCUT2D eigenvalue weighted by Gasteiger charge is -2.29. The van der Waals surface area contributed by atoms with Crippen molar-refractivity contribution in [3.63, 3.8) is 0 Å². The third-order valence-corrected chi connectivity index (χ3v) is 3.55. The highest BCUT2D eigenvalue weighted by Crippen LogP contribution is 2.25. The van der Waals surface area contributed by atoms with Crippen molar-refractivity contribution < 1.29 is 5.11 Å². The molecular weight excluding hydrogens is 198 g/mol. The molecule has 0 amide bonds. The maximum Gasteiger partial charge on any atom is 0.0695 e. The van der Waals surface area contributed by atoms with Crippen LogP contribution in [-0.2, 0) is 6.54 Å². The first-order valence-corrected chi connectivity index (χ1v) is 6.27. The minimum Gasteiger partial charge on any atom is -0.391 e. The van der Waals surface area contributed by atoms with Crippen molar-refractivity contribution in [2.75, 3.05) is 6.54 Å². The molecule has 2 unspecified atom stereocenters. The Morgan fingerprint density at radius 1 is 1.25 bits per heavy atom. The first-order chi connectivity index (χ1) is 7.81. The number of hydrogen-bond acceptors (Lipinski definition) is 2. The lowest BCUT2D eigenvalue weighted by atomic mass is 10.1. The zero-order valence-corrected chi connectivity index (χ0v) is 9.97. The van der Waals surface area contributed by atoms with Crippen LogP contribution in [0.3, 0.4) is 0 Å². The Hall–Kier alpha value is -0.860. The Labute approximate surface area is 97.9 Å². The Bertz CT molecular complexity index is 312. The number of likely N-dealkylation sites (N-methyl/N-ethyl adjacent to an activating group) is 1. The predicted octanol–water partition coefficient (Wildman–Crippen LogP) is 2.42. The number of rotatable bonds is 4. The van der Waals surface area contributed by atoms with Crippen molar-refractivity contribution in [1.82, 2.24) is 4.90 Å². The van der Waals surface area contributed by atoms with Crippen molar-refractivity contribution in [3.8, 4) is 0 Å². The molecule has 0 spiro atoms. The highest BCUT2D eigenvalue weighted by Gasteiger charge is 2.29. The summed E-state index contributed by atoms with van der Waals surface area (Å²) in [4.78, 5) is 2.40. The maximum atomic E-state index is 9.93. The van der Waals surface area contributed by atoms with E-state index in [0.717, 1.165) is 32.4 Å². The topological polar surface area (TPSA) is 23.5 Å². The fourth-order valence-electron chi connectivity index (χ4n) is 2.63. The molecule has 0 heterocycles. The first kappa shape index (κ1) is 11.6. The van der Waals surface area contributed by atoms with Crippen LogP contribution in [0.2, 0.25) is 0 Å². The molecule has 1 aromatic rings. The molecule has 88 valence electrons. The van der Waals surface area contributed by atoms with Crippen molar-refractivity contribution in [3.05, 3.63) is 35.9 Å². The molecule has 1 aliphatic carbocycles. The highest BCUT2D eigenvalue weighted by atomic mass is 16.3. The van der Waals surface area contributed by atoms with Gasteiger partial charge in [0.05, 0.1) is 6.10 Å². The molecule has 1 saturated carbocycles. The number of benzene rings is 1. The van der Waals surface area contributed by atoms with Gasteiger partial charge in [0, 0.05) is 12.6 Å². The van der Waals surface area contributed by atoms with Gasteiger partial charge in [0.15, 0.2) is 0 Å². The quantitative estimate of drug-likeness (QED) is 0.840. The molecule has 2 rings (SSSR count). The van der Waals surface area contributed by atoms with E-state index in [1.807, 2.05) is 6.07 Å². The number of aliphatic hydroxyl groups is 1. The van der Waals surface area contributed by atoms with Gasteiger partial charge in [-0.2, -0.15) is 0 Å². The number of aliphatic hydroxyl groups excluding tert-OH is 1. The maximum absolute atomic E-state index is 9.93. The zero-order chi connectivity index (χ0) is 11.4. The van der Waals surface area contributed by atoms with Gasteiger partial charge in [-0.15, -0.1) is 0 Å². The van der Waals surface area contributed by atoms with E-state index in [4.69, 9.17) is 0 Å².